The second kappa shape index (κ2) is 8.09. The van der Waals surface area contributed by atoms with Crippen LogP contribution in [0.2, 0.25) is 0 Å². The van der Waals surface area contributed by atoms with E-state index in [1.807, 2.05) is 72.5 Å². The predicted octanol–water partition coefficient (Wildman–Crippen LogP) is 3.23. The first-order valence-corrected chi connectivity index (χ1v) is 10.9. The molecular weight excluding hydrogens is 416 g/mol. The maximum atomic E-state index is 13.0. The van der Waals surface area contributed by atoms with Gasteiger partial charge in [0.1, 0.15) is 0 Å². The average Bonchev–Trinajstić information content (AvgIpc) is 3.42. The molecule has 4 aromatic rings. The molecule has 2 aromatic heterocycles. The molecule has 0 radical (unpaired) electrons. The number of amides is 3. The first kappa shape index (κ1) is 20.8. The van der Waals surface area contributed by atoms with Crippen molar-refractivity contribution in [2.45, 2.75) is 19.9 Å². The highest BCUT2D eigenvalue weighted by molar-refractivity contribution is 6.50. The van der Waals surface area contributed by atoms with Crippen LogP contribution in [-0.2, 0) is 28.0 Å². The van der Waals surface area contributed by atoms with E-state index in [-0.39, 0.29) is 17.7 Å². The zero-order valence-electron chi connectivity index (χ0n) is 18.5. The molecule has 166 valence electrons. The second-order valence-corrected chi connectivity index (χ2v) is 8.29. The number of fused-ring (bicyclic) bond motifs is 2. The molecule has 1 aliphatic rings. The van der Waals surface area contributed by atoms with E-state index >= 15 is 0 Å². The minimum atomic E-state index is -0.385. The quantitative estimate of drug-likeness (QED) is 0.357. The van der Waals surface area contributed by atoms with Crippen molar-refractivity contribution in [3.8, 4) is 0 Å². The van der Waals surface area contributed by atoms with Crippen molar-refractivity contribution in [3.63, 3.8) is 0 Å². The average molecular weight is 441 g/mol. The maximum Gasteiger partial charge on any atom is 0.259 e. The number of nitrogens with one attached hydrogen (secondary N) is 2. The Morgan fingerprint density at radius 2 is 1.45 bits per heavy atom. The Labute approximate surface area is 190 Å². The molecule has 0 saturated carbocycles. The number of hydrogen-bond acceptors (Lipinski definition) is 3. The van der Waals surface area contributed by atoms with Crippen molar-refractivity contribution in [2.75, 3.05) is 6.54 Å². The zero-order valence-corrected chi connectivity index (χ0v) is 18.5. The largest absolute Gasteiger partial charge is 0.356 e. The molecule has 3 amide bonds. The molecule has 0 aliphatic carbocycles. The Morgan fingerprint density at radius 1 is 0.879 bits per heavy atom. The number of para-hydroxylation sites is 2. The Bertz CT molecular complexity index is 1470. The van der Waals surface area contributed by atoms with Gasteiger partial charge in [-0.25, -0.2) is 0 Å². The van der Waals surface area contributed by atoms with Crippen LogP contribution in [0.1, 0.15) is 24.5 Å². The van der Waals surface area contributed by atoms with Crippen LogP contribution in [0.25, 0.3) is 33.0 Å². The van der Waals surface area contributed by atoms with E-state index in [1.165, 1.54) is 6.92 Å². The van der Waals surface area contributed by atoms with Crippen LogP contribution < -0.4 is 10.6 Å². The summed E-state index contributed by atoms with van der Waals surface area (Å²) in [5.74, 6) is -0.822. The smallest absolute Gasteiger partial charge is 0.259 e. The number of nitrogens with zero attached hydrogens (tertiary/aromatic N) is 2. The summed E-state index contributed by atoms with van der Waals surface area (Å²) < 4.78 is 4.05. The summed E-state index contributed by atoms with van der Waals surface area (Å²) in [5, 5.41) is 7.16. The van der Waals surface area contributed by atoms with Crippen LogP contribution >= 0.6 is 0 Å². The first-order chi connectivity index (χ1) is 16.0. The predicted molar refractivity (Wildman–Crippen MR) is 128 cm³/mol. The van der Waals surface area contributed by atoms with Gasteiger partial charge in [-0.1, -0.05) is 36.4 Å². The number of aromatic nitrogens is 2. The molecule has 0 saturated heterocycles. The fourth-order valence-electron chi connectivity index (χ4n) is 4.65. The third-order valence-electron chi connectivity index (χ3n) is 6.11. The van der Waals surface area contributed by atoms with Crippen LogP contribution in [-0.4, -0.2) is 33.4 Å². The normalized spacial score (nSPS) is 13.9. The van der Waals surface area contributed by atoms with Gasteiger partial charge >= 0.3 is 0 Å². The van der Waals surface area contributed by atoms with Crippen LogP contribution in [0.4, 0.5) is 0 Å². The minimum absolute atomic E-state index is 0.0564. The van der Waals surface area contributed by atoms with Gasteiger partial charge in [0.25, 0.3) is 11.8 Å². The number of rotatable bonds is 6. The van der Waals surface area contributed by atoms with E-state index < -0.39 is 0 Å². The summed E-state index contributed by atoms with van der Waals surface area (Å²) in [7, 11) is 1.93. The van der Waals surface area contributed by atoms with Gasteiger partial charge in [0.2, 0.25) is 5.91 Å². The second-order valence-electron chi connectivity index (χ2n) is 8.29. The fourth-order valence-corrected chi connectivity index (χ4v) is 4.65. The van der Waals surface area contributed by atoms with Crippen molar-refractivity contribution in [1.29, 1.82) is 0 Å². The van der Waals surface area contributed by atoms with Gasteiger partial charge < -0.3 is 14.5 Å². The number of benzene rings is 2. The summed E-state index contributed by atoms with van der Waals surface area (Å²) in [4.78, 5) is 37.2. The van der Waals surface area contributed by atoms with Crippen molar-refractivity contribution >= 4 is 50.7 Å². The third-order valence-corrected chi connectivity index (χ3v) is 6.11. The van der Waals surface area contributed by atoms with Gasteiger partial charge in [-0.05, 0) is 18.6 Å². The highest BCUT2D eigenvalue weighted by Crippen LogP contribution is 2.38. The van der Waals surface area contributed by atoms with Gasteiger partial charge in [-0.15, -0.1) is 0 Å². The van der Waals surface area contributed by atoms with Gasteiger partial charge in [0, 0.05) is 72.4 Å². The van der Waals surface area contributed by atoms with Crippen molar-refractivity contribution in [3.05, 3.63) is 72.1 Å². The molecule has 2 aromatic carbocycles. The molecule has 0 bridgehead atoms. The van der Waals surface area contributed by atoms with Gasteiger partial charge in [-0.2, -0.15) is 0 Å². The molecule has 0 atom stereocenters. The van der Waals surface area contributed by atoms with Crippen LogP contribution in [0.5, 0.6) is 0 Å². The minimum Gasteiger partial charge on any atom is -0.356 e. The topological polar surface area (TPSA) is 85.1 Å². The molecule has 7 nitrogen and oxygen atoms in total. The standard InChI is InChI=1S/C26H24N4O3/c1-16(31)27-12-7-13-30-15-20(18-9-4-6-11-22(18)30)24-23(25(32)28-26(24)33)19-14-29(2)21-10-5-3-8-17(19)21/h3-6,8-11,14-15H,7,12-13H2,1-2H3,(H,27,31)(H,28,32,33). The molecule has 7 heteroatoms. The Kier molecular flexibility index (Phi) is 5.09. The lowest BCUT2D eigenvalue weighted by molar-refractivity contribution is -0.123. The summed E-state index contributed by atoms with van der Waals surface area (Å²) in [5.41, 5.74) is 4.25. The van der Waals surface area contributed by atoms with Crippen LogP contribution in [0.15, 0.2) is 60.9 Å². The number of carbonyl (C=O) groups is 3. The lowest BCUT2D eigenvalue weighted by atomic mass is 9.95. The Morgan fingerprint density at radius 3 is 2.12 bits per heavy atom. The van der Waals surface area contributed by atoms with E-state index in [0.717, 1.165) is 39.4 Å². The van der Waals surface area contributed by atoms with E-state index in [0.29, 0.717) is 24.2 Å². The third kappa shape index (κ3) is 3.51. The van der Waals surface area contributed by atoms with Gasteiger partial charge in [0.15, 0.2) is 0 Å². The van der Waals surface area contributed by atoms with Crippen molar-refractivity contribution in [1.82, 2.24) is 19.8 Å². The lowest BCUT2D eigenvalue weighted by Crippen LogP contribution is -2.22. The fraction of sp³-hybridized carbons (Fsp3) is 0.192. The molecule has 33 heavy (non-hydrogen) atoms. The number of aryl methyl sites for hydroxylation is 2. The molecule has 2 N–H and O–H groups in total. The summed E-state index contributed by atoms with van der Waals surface area (Å²) >= 11 is 0. The molecular formula is C26H24N4O3. The van der Waals surface area contributed by atoms with Crippen LogP contribution in [0, 0.1) is 0 Å². The van der Waals surface area contributed by atoms with Crippen molar-refractivity contribution in [2.24, 2.45) is 7.05 Å². The number of imide groups is 1. The van der Waals surface area contributed by atoms with E-state index in [9.17, 15) is 14.4 Å². The van der Waals surface area contributed by atoms with E-state index in [1.54, 1.807) is 0 Å². The highest BCUT2D eigenvalue weighted by Gasteiger charge is 2.35. The van der Waals surface area contributed by atoms with E-state index in [4.69, 9.17) is 0 Å². The molecule has 5 rings (SSSR count). The lowest BCUT2D eigenvalue weighted by Gasteiger charge is -2.05. The zero-order chi connectivity index (χ0) is 23.1. The summed E-state index contributed by atoms with van der Waals surface area (Å²) in [6.45, 7) is 2.74. The first-order valence-electron chi connectivity index (χ1n) is 10.9. The summed E-state index contributed by atoms with van der Waals surface area (Å²) in [6, 6.07) is 15.7. The van der Waals surface area contributed by atoms with Crippen LogP contribution in [0.3, 0.4) is 0 Å². The number of hydrogen-bond donors (Lipinski definition) is 2. The molecule has 0 unspecified atom stereocenters. The highest BCUT2D eigenvalue weighted by atomic mass is 16.2. The maximum absolute atomic E-state index is 13.0. The molecule has 3 heterocycles. The van der Waals surface area contributed by atoms with Gasteiger partial charge in [-0.3, -0.25) is 19.7 Å². The molecule has 0 fully saturated rings. The van der Waals surface area contributed by atoms with Crippen molar-refractivity contribution < 1.29 is 14.4 Å². The van der Waals surface area contributed by atoms with Gasteiger partial charge in [0.05, 0.1) is 11.1 Å². The Balaban J connectivity index is 1.67. The summed E-state index contributed by atoms with van der Waals surface area (Å²) in [6.07, 6.45) is 4.60. The molecule has 0 spiro atoms. The monoisotopic (exact) mass is 440 g/mol. The number of carbonyl (C=O) groups excluding carboxylic acids is 3. The molecule has 1 aliphatic heterocycles. The SMILES string of the molecule is CC(=O)NCCCn1cc(C2=C(c3cn(C)c4ccccc34)C(=O)NC2=O)c2ccccc21. The van der Waals surface area contributed by atoms with E-state index in [2.05, 4.69) is 15.2 Å². The Hall–Kier alpha value is -4.13.